The van der Waals surface area contributed by atoms with E-state index in [4.69, 9.17) is 14.6 Å². The van der Waals surface area contributed by atoms with Crippen molar-refractivity contribution in [1.29, 1.82) is 0 Å². The lowest BCUT2D eigenvalue weighted by Crippen LogP contribution is -2.45. The van der Waals surface area contributed by atoms with Gasteiger partial charge in [0.05, 0.1) is 5.60 Å². The summed E-state index contributed by atoms with van der Waals surface area (Å²) in [6.07, 6.45) is 4.20. The molecule has 4 nitrogen and oxygen atoms in total. The Morgan fingerprint density at radius 2 is 2.12 bits per heavy atom. The first-order chi connectivity index (χ1) is 8.11. The highest BCUT2D eigenvalue weighted by atomic mass is 16.5. The number of ether oxygens (including phenoxy) is 2. The van der Waals surface area contributed by atoms with E-state index in [-0.39, 0.29) is 17.9 Å². The predicted octanol–water partition coefficient (Wildman–Crippen LogP) is 2.07. The molecule has 0 radical (unpaired) electrons. The summed E-state index contributed by atoms with van der Waals surface area (Å²) in [5.41, 5.74) is -0.0199. The molecule has 2 unspecified atom stereocenters. The number of hydrogen-bond acceptors (Lipinski definition) is 3. The van der Waals surface area contributed by atoms with Crippen molar-refractivity contribution in [3.63, 3.8) is 0 Å². The average molecular weight is 242 g/mol. The SMILES string of the molecule is CC(CC(=O)O)C1CCOC2(CCOCC2)C1. The highest BCUT2D eigenvalue weighted by Gasteiger charge is 2.40. The maximum Gasteiger partial charge on any atom is 0.303 e. The quantitative estimate of drug-likeness (QED) is 0.823. The molecule has 0 amide bonds. The van der Waals surface area contributed by atoms with Crippen molar-refractivity contribution >= 4 is 5.97 Å². The van der Waals surface area contributed by atoms with E-state index in [0.717, 1.165) is 45.5 Å². The normalized spacial score (nSPS) is 30.1. The van der Waals surface area contributed by atoms with E-state index < -0.39 is 5.97 Å². The molecule has 2 aliphatic rings. The molecule has 2 saturated heterocycles. The maximum atomic E-state index is 10.8. The largest absolute Gasteiger partial charge is 0.481 e. The van der Waals surface area contributed by atoms with Gasteiger partial charge in [0.15, 0.2) is 0 Å². The summed E-state index contributed by atoms with van der Waals surface area (Å²) in [4.78, 5) is 10.8. The van der Waals surface area contributed by atoms with Crippen molar-refractivity contribution in [1.82, 2.24) is 0 Å². The first kappa shape index (κ1) is 12.8. The smallest absolute Gasteiger partial charge is 0.303 e. The molecule has 98 valence electrons. The number of hydrogen-bond donors (Lipinski definition) is 1. The van der Waals surface area contributed by atoms with Crippen molar-refractivity contribution in [3.8, 4) is 0 Å². The fraction of sp³-hybridized carbons (Fsp3) is 0.923. The number of rotatable bonds is 3. The van der Waals surface area contributed by atoms with Gasteiger partial charge in [0.1, 0.15) is 0 Å². The topological polar surface area (TPSA) is 55.8 Å². The molecule has 2 fully saturated rings. The number of aliphatic carboxylic acids is 1. The molecule has 2 rings (SSSR count). The van der Waals surface area contributed by atoms with Gasteiger partial charge >= 0.3 is 5.97 Å². The Kier molecular flexibility index (Phi) is 4.05. The lowest BCUT2D eigenvalue weighted by molar-refractivity contribution is -0.155. The Morgan fingerprint density at radius 1 is 1.41 bits per heavy atom. The molecule has 1 N–H and O–H groups in total. The standard InChI is InChI=1S/C13H22O4/c1-10(8-12(14)15)11-2-5-17-13(9-11)3-6-16-7-4-13/h10-11H,2-9H2,1H3,(H,14,15). The summed E-state index contributed by atoms with van der Waals surface area (Å²) in [5.74, 6) is 0.0408. The van der Waals surface area contributed by atoms with Crippen molar-refractivity contribution in [3.05, 3.63) is 0 Å². The zero-order chi connectivity index (χ0) is 12.3. The molecular formula is C13H22O4. The minimum Gasteiger partial charge on any atom is -0.481 e. The zero-order valence-electron chi connectivity index (χ0n) is 10.5. The van der Waals surface area contributed by atoms with E-state index in [0.29, 0.717) is 5.92 Å². The molecule has 0 saturated carbocycles. The molecule has 0 bridgehead atoms. The highest BCUT2D eigenvalue weighted by Crippen LogP contribution is 2.40. The van der Waals surface area contributed by atoms with Gasteiger partial charge in [0, 0.05) is 26.2 Å². The van der Waals surface area contributed by atoms with Crippen molar-refractivity contribution < 1.29 is 19.4 Å². The van der Waals surface area contributed by atoms with E-state index in [1.54, 1.807) is 0 Å². The number of carboxylic acid groups (broad SMARTS) is 1. The van der Waals surface area contributed by atoms with Gasteiger partial charge in [-0.1, -0.05) is 6.92 Å². The molecule has 4 heteroatoms. The van der Waals surface area contributed by atoms with Crippen LogP contribution in [0.2, 0.25) is 0 Å². The van der Waals surface area contributed by atoms with Crippen LogP contribution in [0.3, 0.4) is 0 Å². The van der Waals surface area contributed by atoms with Gasteiger partial charge in [-0.3, -0.25) is 4.79 Å². The third kappa shape index (κ3) is 3.19. The second-order valence-corrected chi connectivity index (χ2v) is 5.47. The van der Waals surface area contributed by atoms with E-state index in [2.05, 4.69) is 6.92 Å². The molecular weight excluding hydrogens is 220 g/mol. The summed E-state index contributed by atoms with van der Waals surface area (Å²) in [6, 6.07) is 0. The van der Waals surface area contributed by atoms with Crippen LogP contribution in [0.1, 0.15) is 39.0 Å². The second-order valence-electron chi connectivity index (χ2n) is 5.47. The maximum absolute atomic E-state index is 10.8. The fourth-order valence-corrected chi connectivity index (χ4v) is 3.09. The van der Waals surface area contributed by atoms with Gasteiger partial charge in [-0.15, -0.1) is 0 Å². The lowest BCUT2D eigenvalue weighted by atomic mass is 9.75. The van der Waals surface area contributed by atoms with Crippen LogP contribution >= 0.6 is 0 Å². The van der Waals surface area contributed by atoms with Gasteiger partial charge in [-0.05, 0) is 37.5 Å². The molecule has 2 heterocycles. The van der Waals surface area contributed by atoms with Gasteiger partial charge in [-0.25, -0.2) is 0 Å². The third-order valence-corrected chi connectivity index (χ3v) is 4.24. The Balaban J connectivity index is 1.93. The molecule has 17 heavy (non-hydrogen) atoms. The Hall–Kier alpha value is -0.610. The van der Waals surface area contributed by atoms with Gasteiger partial charge < -0.3 is 14.6 Å². The van der Waals surface area contributed by atoms with Crippen LogP contribution in [-0.2, 0) is 14.3 Å². The van der Waals surface area contributed by atoms with Crippen LogP contribution in [0, 0.1) is 11.8 Å². The van der Waals surface area contributed by atoms with Crippen LogP contribution < -0.4 is 0 Å². The zero-order valence-corrected chi connectivity index (χ0v) is 10.5. The summed E-state index contributed by atoms with van der Waals surface area (Å²) in [7, 11) is 0. The first-order valence-corrected chi connectivity index (χ1v) is 6.55. The monoisotopic (exact) mass is 242 g/mol. The lowest BCUT2D eigenvalue weighted by Gasteiger charge is -2.44. The number of carboxylic acids is 1. The van der Waals surface area contributed by atoms with Crippen LogP contribution in [0.5, 0.6) is 0 Å². The van der Waals surface area contributed by atoms with E-state index >= 15 is 0 Å². The van der Waals surface area contributed by atoms with Crippen LogP contribution in [-0.4, -0.2) is 36.5 Å². The Bertz CT molecular complexity index is 265. The molecule has 0 aromatic rings. The molecule has 1 spiro atoms. The number of carbonyl (C=O) groups is 1. The highest BCUT2D eigenvalue weighted by molar-refractivity contribution is 5.67. The van der Waals surface area contributed by atoms with E-state index in [1.807, 2.05) is 0 Å². The first-order valence-electron chi connectivity index (χ1n) is 6.55. The molecule has 0 aromatic heterocycles. The van der Waals surface area contributed by atoms with E-state index in [1.165, 1.54) is 0 Å². The van der Waals surface area contributed by atoms with Crippen LogP contribution in [0.25, 0.3) is 0 Å². The van der Waals surface area contributed by atoms with Crippen LogP contribution in [0.4, 0.5) is 0 Å². The summed E-state index contributed by atoms with van der Waals surface area (Å²) < 4.78 is 11.3. The van der Waals surface area contributed by atoms with Gasteiger partial charge in [-0.2, -0.15) is 0 Å². The Labute approximate surface area is 102 Å². The summed E-state index contributed by atoms with van der Waals surface area (Å²) >= 11 is 0. The molecule has 2 atom stereocenters. The van der Waals surface area contributed by atoms with Crippen molar-refractivity contribution in [2.45, 2.75) is 44.6 Å². The van der Waals surface area contributed by atoms with Crippen molar-refractivity contribution in [2.24, 2.45) is 11.8 Å². The molecule has 2 aliphatic heterocycles. The minimum absolute atomic E-state index is 0.0199. The summed E-state index contributed by atoms with van der Waals surface area (Å²) in [6.45, 7) is 4.38. The minimum atomic E-state index is -0.690. The molecule has 0 aromatic carbocycles. The van der Waals surface area contributed by atoms with E-state index in [9.17, 15) is 4.79 Å². The van der Waals surface area contributed by atoms with Gasteiger partial charge in [0.25, 0.3) is 0 Å². The molecule has 0 aliphatic carbocycles. The third-order valence-electron chi connectivity index (χ3n) is 4.24. The van der Waals surface area contributed by atoms with Crippen LogP contribution in [0.15, 0.2) is 0 Å². The second kappa shape index (κ2) is 5.36. The fourth-order valence-electron chi connectivity index (χ4n) is 3.09. The summed E-state index contributed by atoms with van der Waals surface area (Å²) in [5, 5.41) is 8.87. The predicted molar refractivity (Wildman–Crippen MR) is 62.9 cm³/mol. The average Bonchev–Trinajstić information content (AvgIpc) is 2.29. The Morgan fingerprint density at radius 3 is 2.76 bits per heavy atom. The van der Waals surface area contributed by atoms with Crippen molar-refractivity contribution in [2.75, 3.05) is 19.8 Å². The van der Waals surface area contributed by atoms with Gasteiger partial charge in [0.2, 0.25) is 0 Å².